The van der Waals surface area contributed by atoms with Crippen LogP contribution in [0.1, 0.15) is 54.6 Å². The van der Waals surface area contributed by atoms with Crippen LogP contribution in [0.4, 0.5) is 0 Å². The highest BCUT2D eigenvalue weighted by atomic mass is 16.5. The summed E-state index contributed by atoms with van der Waals surface area (Å²) in [4.78, 5) is 43.2. The van der Waals surface area contributed by atoms with Crippen LogP contribution in [0.25, 0.3) is 0 Å². The second-order valence-corrected chi connectivity index (χ2v) is 9.42. The molecule has 4 rings (SSSR count). The van der Waals surface area contributed by atoms with E-state index >= 15 is 0 Å². The number of aromatic nitrogens is 2. The molecule has 0 saturated carbocycles. The van der Waals surface area contributed by atoms with Crippen LogP contribution in [0.5, 0.6) is 5.75 Å². The lowest BCUT2D eigenvalue weighted by atomic mass is 9.75. The zero-order valence-corrected chi connectivity index (χ0v) is 20.8. The molecule has 0 unspecified atom stereocenters. The molecule has 2 aromatic rings. The minimum atomic E-state index is -1.31. The molecule has 1 fully saturated rings. The smallest absolute Gasteiger partial charge is 0.241 e. The molecule has 1 aliphatic heterocycles. The van der Waals surface area contributed by atoms with E-state index in [2.05, 4.69) is 10.2 Å². The Hall–Kier alpha value is -3.20. The molecular weight excluding hydrogens is 448 g/mol. The van der Waals surface area contributed by atoms with Crippen molar-refractivity contribution < 1.29 is 23.9 Å². The van der Waals surface area contributed by atoms with Crippen LogP contribution in [-0.2, 0) is 43.9 Å². The molecule has 1 aliphatic carbocycles. The lowest BCUT2D eigenvalue weighted by Gasteiger charge is -2.30. The molecule has 1 saturated heterocycles. The number of rotatable bonds is 10. The minimum absolute atomic E-state index is 0.0728. The third-order valence-corrected chi connectivity index (χ3v) is 7.17. The molecule has 9 nitrogen and oxygen atoms in total. The third-order valence-electron chi connectivity index (χ3n) is 7.17. The van der Waals surface area contributed by atoms with Crippen molar-refractivity contribution >= 4 is 17.7 Å². The van der Waals surface area contributed by atoms with Crippen LogP contribution in [0.3, 0.4) is 0 Å². The number of nitrogens with zero attached hydrogens (tertiary/aromatic N) is 3. The molecule has 0 radical (unpaired) electrons. The summed E-state index contributed by atoms with van der Waals surface area (Å²) in [7, 11) is 4.83. The number of nitrogens with one attached hydrogen (secondary N) is 1. The van der Waals surface area contributed by atoms with E-state index in [1.807, 2.05) is 6.07 Å². The van der Waals surface area contributed by atoms with E-state index in [0.29, 0.717) is 30.9 Å². The summed E-state index contributed by atoms with van der Waals surface area (Å²) in [5.41, 5.74) is 2.48. The Bertz CT molecular complexity index is 1100. The van der Waals surface area contributed by atoms with Gasteiger partial charge in [-0.1, -0.05) is 18.2 Å². The highest BCUT2D eigenvalue weighted by Gasteiger charge is 2.55. The topological polar surface area (TPSA) is 105 Å². The van der Waals surface area contributed by atoms with Gasteiger partial charge in [-0.15, -0.1) is 0 Å². The number of methoxy groups -OCH3 is 2. The van der Waals surface area contributed by atoms with Crippen LogP contribution in [0, 0.1) is 0 Å². The Balaban J connectivity index is 1.61. The second-order valence-electron chi connectivity index (χ2n) is 9.42. The molecule has 35 heavy (non-hydrogen) atoms. The zero-order valence-electron chi connectivity index (χ0n) is 20.8. The van der Waals surface area contributed by atoms with Crippen molar-refractivity contribution in [3.8, 4) is 5.75 Å². The first-order chi connectivity index (χ1) is 16.9. The molecule has 2 aliphatic rings. The van der Waals surface area contributed by atoms with Gasteiger partial charge in [0.25, 0.3) is 0 Å². The number of fused-ring (bicyclic) bond motifs is 1. The first-order valence-electron chi connectivity index (χ1n) is 12.2. The number of aryl methyl sites for hydroxylation is 1. The quantitative estimate of drug-likeness (QED) is 0.412. The monoisotopic (exact) mass is 482 g/mol. The van der Waals surface area contributed by atoms with Crippen LogP contribution in [-0.4, -0.2) is 72.1 Å². The Kier molecular flexibility index (Phi) is 7.54. The molecule has 1 aromatic heterocycles. The minimum Gasteiger partial charge on any atom is -0.496 e. The van der Waals surface area contributed by atoms with Gasteiger partial charge in [0.2, 0.25) is 17.7 Å². The predicted molar refractivity (Wildman–Crippen MR) is 129 cm³/mol. The highest BCUT2D eigenvalue weighted by Crippen LogP contribution is 2.44. The van der Waals surface area contributed by atoms with E-state index in [4.69, 9.17) is 9.47 Å². The molecule has 0 bridgehead atoms. The molecular formula is C26H34N4O5. The fourth-order valence-electron chi connectivity index (χ4n) is 5.26. The van der Waals surface area contributed by atoms with Gasteiger partial charge in [-0.25, -0.2) is 0 Å². The van der Waals surface area contributed by atoms with Gasteiger partial charge < -0.3 is 14.4 Å². The van der Waals surface area contributed by atoms with E-state index in [1.165, 1.54) is 17.6 Å². The summed E-state index contributed by atoms with van der Waals surface area (Å²) in [6, 6.07) is 7.14. The van der Waals surface area contributed by atoms with Crippen LogP contribution in [0.2, 0.25) is 0 Å². The first kappa shape index (κ1) is 24.9. The SMILES string of the molecule is COCCCN1C(=O)C[C@@](CC(=O)N(C)Cc2n[nH]c3c2CCCC3)(c2ccccc2OC)C1=O. The van der Waals surface area contributed by atoms with E-state index in [9.17, 15) is 14.4 Å². The average Bonchev–Trinajstić information content (AvgIpc) is 3.38. The van der Waals surface area contributed by atoms with Gasteiger partial charge in [0.15, 0.2) is 0 Å². The molecule has 1 atom stereocenters. The van der Waals surface area contributed by atoms with Crippen molar-refractivity contribution in [3.05, 3.63) is 46.8 Å². The number of carbonyl (C=O) groups is 3. The molecule has 1 N–H and O–H groups in total. The van der Waals surface area contributed by atoms with Gasteiger partial charge in [-0.05, 0) is 43.7 Å². The van der Waals surface area contributed by atoms with Gasteiger partial charge in [0, 0.05) is 51.4 Å². The number of benzene rings is 1. The van der Waals surface area contributed by atoms with Crippen molar-refractivity contribution in [2.24, 2.45) is 0 Å². The maximum Gasteiger partial charge on any atom is 0.241 e. The first-order valence-corrected chi connectivity index (χ1v) is 12.2. The Labute approximate surface area is 205 Å². The zero-order chi connectivity index (χ0) is 25.0. The molecule has 2 heterocycles. The van der Waals surface area contributed by atoms with Gasteiger partial charge in [0.05, 0.1) is 24.8 Å². The van der Waals surface area contributed by atoms with Crippen molar-refractivity contribution in [2.45, 2.75) is 56.9 Å². The van der Waals surface area contributed by atoms with Crippen LogP contribution >= 0.6 is 0 Å². The lowest BCUT2D eigenvalue weighted by Crippen LogP contribution is -2.43. The van der Waals surface area contributed by atoms with Crippen LogP contribution in [0.15, 0.2) is 24.3 Å². The predicted octanol–water partition coefficient (Wildman–Crippen LogP) is 2.38. The number of imide groups is 1. The van der Waals surface area contributed by atoms with Crippen molar-refractivity contribution in [1.82, 2.24) is 20.0 Å². The largest absolute Gasteiger partial charge is 0.496 e. The number of para-hydroxylation sites is 1. The summed E-state index contributed by atoms with van der Waals surface area (Å²) in [5, 5.41) is 7.57. The number of hydrogen-bond donors (Lipinski definition) is 1. The molecule has 9 heteroatoms. The average molecular weight is 483 g/mol. The fourth-order valence-corrected chi connectivity index (χ4v) is 5.26. The van der Waals surface area contributed by atoms with Crippen LogP contribution < -0.4 is 4.74 Å². The summed E-state index contributed by atoms with van der Waals surface area (Å²) in [6.07, 6.45) is 4.53. The number of hydrogen-bond acceptors (Lipinski definition) is 6. The maximum absolute atomic E-state index is 13.8. The third kappa shape index (κ3) is 4.82. The van der Waals surface area contributed by atoms with Gasteiger partial charge in [-0.3, -0.25) is 24.4 Å². The summed E-state index contributed by atoms with van der Waals surface area (Å²) < 4.78 is 10.6. The van der Waals surface area contributed by atoms with E-state index < -0.39 is 5.41 Å². The van der Waals surface area contributed by atoms with Crippen molar-refractivity contribution in [1.29, 1.82) is 0 Å². The lowest BCUT2D eigenvalue weighted by molar-refractivity contribution is -0.142. The standard InChI is InChI=1S/C26H34N4O5/c1-29(17-21-18-9-4-6-11-20(18)27-28-21)23(31)15-26(19-10-5-7-12-22(19)35-3)16-24(32)30(25(26)33)13-8-14-34-2/h5,7,10,12H,4,6,8-9,11,13-17H2,1-3H3,(H,27,28)/t26-/m0/s1. The Morgan fingerprint density at radius 3 is 2.74 bits per heavy atom. The Morgan fingerprint density at radius 1 is 1.20 bits per heavy atom. The Morgan fingerprint density at radius 2 is 1.97 bits per heavy atom. The number of carbonyl (C=O) groups excluding carboxylic acids is 3. The van der Waals surface area contributed by atoms with Gasteiger partial charge in [0.1, 0.15) is 5.75 Å². The highest BCUT2D eigenvalue weighted by molar-refractivity contribution is 6.11. The molecule has 1 aromatic carbocycles. The van der Waals surface area contributed by atoms with E-state index in [-0.39, 0.29) is 37.1 Å². The number of aromatic amines is 1. The molecule has 3 amide bonds. The van der Waals surface area contributed by atoms with Crippen molar-refractivity contribution in [3.63, 3.8) is 0 Å². The molecule has 188 valence electrons. The maximum atomic E-state index is 13.8. The van der Waals surface area contributed by atoms with Crippen molar-refractivity contribution in [2.75, 3.05) is 34.4 Å². The second kappa shape index (κ2) is 10.6. The summed E-state index contributed by atoms with van der Waals surface area (Å²) in [6.45, 7) is 1.05. The number of likely N-dealkylation sites (tertiary alicyclic amines) is 1. The number of H-pyrrole nitrogens is 1. The van der Waals surface area contributed by atoms with E-state index in [0.717, 1.165) is 37.1 Å². The summed E-state index contributed by atoms with van der Waals surface area (Å²) >= 11 is 0. The fraction of sp³-hybridized carbons (Fsp3) is 0.538. The molecule has 0 spiro atoms. The normalized spacial score (nSPS) is 19.7. The number of amides is 3. The van der Waals surface area contributed by atoms with E-state index in [1.54, 1.807) is 37.3 Å². The number of ether oxygens (including phenoxy) is 2. The van der Waals surface area contributed by atoms with Gasteiger partial charge in [-0.2, -0.15) is 5.10 Å². The summed E-state index contributed by atoms with van der Waals surface area (Å²) in [5.74, 6) is -0.372. The van der Waals surface area contributed by atoms with Gasteiger partial charge >= 0.3 is 0 Å².